The van der Waals surface area contributed by atoms with E-state index < -0.39 is 0 Å². The fourth-order valence-electron chi connectivity index (χ4n) is 1.49. The van der Waals surface area contributed by atoms with Gasteiger partial charge in [0.2, 0.25) is 0 Å². The molecule has 0 aliphatic rings. The van der Waals surface area contributed by atoms with Crippen LogP contribution in [0.3, 0.4) is 0 Å². The number of aryl methyl sites for hydroxylation is 1. The molecule has 0 radical (unpaired) electrons. The smallest absolute Gasteiger partial charge is 0.122 e. The van der Waals surface area contributed by atoms with Gasteiger partial charge in [-0.25, -0.2) is 0 Å². The fraction of sp³-hybridized carbons (Fsp3) is 0.538. The van der Waals surface area contributed by atoms with E-state index in [1.54, 1.807) is 0 Å². The van der Waals surface area contributed by atoms with Gasteiger partial charge in [0.15, 0.2) is 0 Å². The highest BCUT2D eigenvalue weighted by Gasteiger charge is 1.99. The van der Waals surface area contributed by atoms with Crippen molar-refractivity contribution in [1.82, 2.24) is 5.32 Å². The van der Waals surface area contributed by atoms with Crippen LogP contribution in [0.2, 0.25) is 0 Å². The quantitative estimate of drug-likeness (QED) is 0.774. The molecule has 0 unspecified atom stereocenters. The second kappa shape index (κ2) is 7.69. The molecule has 16 heavy (non-hydrogen) atoms. The van der Waals surface area contributed by atoms with Crippen molar-refractivity contribution in [3.8, 4) is 5.75 Å². The van der Waals surface area contributed by atoms with Gasteiger partial charge in [0.25, 0.3) is 0 Å². The molecule has 0 amide bonds. The average molecular weight is 286 g/mol. The summed E-state index contributed by atoms with van der Waals surface area (Å²) in [6.07, 6.45) is 2.27. The van der Waals surface area contributed by atoms with E-state index in [-0.39, 0.29) is 0 Å². The molecule has 2 nitrogen and oxygen atoms in total. The van der Waals surface area contributed by atoms with Gasteiger partial charge < -0.3 is 10.1 Å². The van der Waals surface area contributed by atoms with Crippen molar-refractivity contribution >= 4 is 15.9 Å². The predicted octanol–water partition coefficient (Wildman–Crippen LogP) is 3.53. The summed E-state index contributed by atoms with van der Waals surface area (Å²) in [6, 6.07) is 6.11. The van der Waals surface area contributed by atoms with E-state index in [2.05, 4.69) is 41.2 Å². The van der Waals surface area contributed by atoms with Gasteiger partial charge in [-0.2, -0.15) is 0 Å². The molecule has 0 aliphatic carbocycles. The second-order valence-electron chi connectivity index (χ2n) is 3.82. The largest absolute Gasteiger partial charge is 0.493 e. The molecule has 0 aromatic heterocycles. The first kappa shape index (κ1) is 13.5. The average Bonchev–Trinajstić information content (AvgIpc) is 2.26. The summed E-state index contributed by atoms with van der Waals surface area (Å²) in [5.74, 6) is 0.992. The summed E-state index contributed by atoms with van der Waals surface area (Å²) in [4.78, 5) is 0. The van der Waals surface area contributed by atoms with Crippen LogP contribution in [-0.2, 0) is 0 Å². The van der Waals surface area contributed by atoms with Gasteiger partial charge >= 0.3 is 0 Å². The molecule has 0 saturated heterocycles. The van der Waals surface area contributed by atoms with E-state index in [1.807, 2.05) is 12.1 Å². The third kappa shape index (κ3) is 4.99. The van der Waals surface area contributed by atoms with E-state index in [4.69, 9.17) is 4.74 Å². The fourth-order valence-corrected chi connectivity index (χ4v) is 1.96. The summed E-state index contributed by atoms with van der Waals surface area (Å²) in [5.41, 5.74) is 1.18. The summed E-state index contributed by atoms with van der Waals surface area (Å²) in [7, 11) is 0. The summed E-state index contributed by atoms with van der Waals surface area (Å²) in [5, 5.41) is 3.30. The molecule has 1 N–H and O–H groups in total. The lowest BCUT2D eigenvalue weighted by atomic mass is 10.2. The number of unbranched alkanes of at least 4 members (excludes halogenated alkanes) is 1. The lowest BCUT2D eigenvalue weighted by molar-refractivity contribution is 0.304. The van der Waals surface area contributed by atoms with E-state index in [1.165, 1.54) is 12.0 Å². The van der Waals surface area contributed by atoms with Crippen LogP contribution in [0.4, 0.5) is 0 Å². The van der Waals surface area contributed by atoms with E-state index in [0.29, 0.717) is 0 Å². The molecule has 90 valence electrons. The molecular weight excluding hydrogens is 266 g/mol. The molecule has 0 aliphatic heterocycles. The lowest BCUT2D eigenvalue weighted by Gasteiger charge is -2.09. The van der Waals surface area contributed by atoms with Gasteiger partial charge in [0.1, 0.15) is 5.75 Å². The maximum absolute atomic E-state index is 5.72. The van der Waals surface area contributed by atoms with E-state index in [0.717, 1.165) is 36.3 Å². The van der Waals surface area contributed by atoms with Crippen molar-refractivity contribution in [2.75, 3.05) is 19.7 Å². The Morgan fingerprint density at radius 1 is 1.31 bits per heavy atom. The molecule has 1 aromatic rings. The normalized spacial score (nSPS) is 10.4. The third-order valence-electron chi connectivity index (χ3n) is 2.39. The zero-order valence-electron chi connectivity index (χ0n) is 10.1. The topological polar surface area (TPSA) is 21.3 Å². The Morgan fingerprint density at radius 2 is 2.12 bits per heavy atom. The molecule has 3 heteroatoms. The lowest BCUT2D eigenvalue weighted by Crippen LogP contribution is -2.14. The van der Waals surface area contributed by atoms with Crippen LogP contribution in [-0.4, -0.2) is 19.7 Å². The number of halogens is 1. The minimum Gasteiger partial charge on any atom is -0.493 e. The van der Waals surface area contributed by atoms with Crippen LogP contribution in [0, 0.1) is 6.92 Å². The number of ether oxygens (including phenoxy) is 1. The molecule has 0 bridgehead atoms. The van der Waals surface area contributed by atoms with Crippen LogP contribution in [0.5, 0.6) is 5.75 Å². The number of hydrogen-bond acceptors (Lipinski definition) is 2. The Hall–Kier alpha value is -0.540. The van der Waals surface area contributed by atoms with E-state index in [9.17, 15) is 0 Å². The molecule has 0 heterocycles. The summed E-state index contributed by atoms with van der Waals surface area (Å²) < 4.78 is 6.82. The standard InChI is InChI=1S/C13H20BrNO/c1-3-15-8-4-5-9-16-13-7-6-12(14)10-11(13)2/h6-7,10,15H,3-5,8-9H2,1-2H3. The molecule has 1 rings (SSSR count). The highest BCUT2D eigenvalue weighted by atomic mass is 79.9. The van der Waals surface area contributed by atoms with Crippen LogP contribution in [0.1, 0.15) is 25.3 Å². The Labute approximate surface area is 107 Å². The van der Waals surface area contributed by atoms with Gasteiger partial charge in [0, 0.05) is 4.47 Å². The molecule has 0 fully saturated rings. The van der Waals surface area contributed by atoms with Crippen LogP contribution in [0.15, 0.2) is 22.7 Å². The SMILES string of the molecule is CCNCCCCOc1ccc(Br)cc1C. The maximum Gasteiger partial charge on any atom is 0.122 e. The van der Waals surface area contributed by atoms with Crippen LogP contribution < -0.4 is 10.1 Å². The van der Waals surface area contributed by atoms with E-state index >= 15 is 0 Å². The predicted molar refractivity (Wildman–Crippen MR) is 72.2 cm³/mol. The van der Waals surface area contributed by atoms with Gasteiger partial charge in [-0.15, -0.1) is 0 Å². The minimum atomic E-state index is 0.799. The molecule has 1 aromatic carbocycles. The summed E-state index contributed by atoms with van der Waals surface area (Å²) in [6.45, 7) is 7.13. The minimum absolute atomic E-state index is 0.799. The van der Waals surface area contributed by atoms with Crippen molar-refractivity contribution in [3.63, 3.8) is 0 Å². The van der Waals surface area contributed by atoms with Gasteiger partial charge in [-0.3, -0.25) is 0 Å². The van der Waals surface area contributed by atoms with Gasteiger partial charge in [-0.05, 0) is 56.6 Å². The zero-order valence-corrected chi connectivity index (χ0v) is 11.6. The van der Waals surface area contributed by atoms with Crippen molar-refractivity contribution in [3.05, 3.63) is 28.2 Å². The number of nitrogens with one attached hydrogen (secondary N) is 1. The third-order valence-corrected chi connectivity index (χ3v) is 2.89. The van der Waals surface area contributed by atoms with Crippen molar-refractivity contribution < 1.29 is 4.74 Å². The van der Waals surface area contributed by atoms with Crippen LogP contribution in [0.25, 0.3) is 0 Å². The maximum atomic E-state index is 5.72. The Kier molecular flexibility index (Phi) is 6.50. The molecule has 0 saturated carbocycles. The van der Waals surface area contributed by atoms with Crippen LogP contribution >= 0.6 is 15.9 Å². The Bertz CT molecular complexity index is 315. The first-order valence-electron chi connectivity index (χ1n) is 5.83. The number of rotatable bonds is 7. The van der Waals surface area contributed by atoms with Crippen molar-refractivity contribution in [2.24, 2.45) is 0 Å². The highest BCUT2D eigenvalue weighted by molar-refractivity contribution is 9.10. The first-order valence-corrected chi connectivity index (χ1v) is 6.63. The second-order valence-corrected chi connectivity index (χ2v) is 4.73. The highest BCUT2D eigenvalue weighted by Crippen LogP contribution is 2.22. The van der Waals surface area contributed by atoms with Gasteiger partial charge in [-0.1, -0.05) is 22.9 Å². The first-order chi connectivity index (χ1) is 7.74. The Morgan fingerprint density at radius 3 is 2.81 bits per heavy atom. The number of hydrogen-bond donors (Lipinski definition) is 1. The van der Waals surface area contributed by atoms with Crippen molar-refractivity contribution in [1.29, 1.82) is 0 Å². The monoisotopic (exact) mass is 285 g/mol. The summed E-state index contributed by atoms with van der Waals surface area (Å²) >= 11 is 3.44. The van der Waals surface area contributed by atoms with Gasteiger partial charge in [0.05, 0.1) is 6.61 Å². The molecule has 0 atom stereocenters. The number of benzene rings is 1. The zero-order chi connectivity index (χ0) is 11.8. The molecular formula is C13H20BrNO. The Balaban J connectivity index is 2.21. The molecule has 0 spiro atoms. The van der Waals surface area contributed by atoms with Crippen molar-refractivity contribution in [2.45, 2.75) is 26.7 Å².